The highest BCUT2D eigenvalue weighted by Crippen LogP contribution is 2.10. The zero-order valence-electron chi connectivity index (χ0n) is 12.1. The van der Waals surface area contributed by atoms with Crippen molar-refractivity contribution in [2.75, 3.05) is 5.32 Å². The van der Waals surface area contributed by atoms with Crippen LogP contribution in [0.3, 0.4) is 0 Å². The number of nitriles is 1. The minimum Gasteiger partial charge on any atom is -0.480 e. The Balaban J connectivity index is 2.59. The first-order chi connectivity index (χ1) is 9.92. The predicted octanol–water partition coefficient (Wildman–Crippen LogP) is 2.37. The highest BCUT2D eigenvalue weighted by Gasteiger charge is 2.20. The molecular weight excluding hydrogens is 270 g/mol. The molecule has 1 aromatic rings. The van der Waals surface area contributed by atoms with E-state index >= 15 is 0 Å². The predicted molar refractivity (Wildman–Crippen MR) is 78.8 cm³/mol. The quantitative estimate of drug-likeness (QED) is 0.748. The van der Waals surface area contributed by atoms with Gasteiger partial charge in [0.05, 0.1) is 12.5 Å². The van der Waals surface area contributed by atoms with Gasteiger partial charge in [-0.2, -0.15) is 5.26 Å². The van der Waals surface area contributed by atoms with E-state index in [1.165, 1.54) is 0 Å². The van der Waals surface area contributed by atoms with Crippen LogP contribution < -0.4 is 10.6 Å². The number of benzene rings is 1. The molecule has 1 aromatic carbocycles. The van der Waals surface area contributed by atoms with E-state index in [0.717, 1.165) is 5.56 Å². The zero-order valence-corrected chi connectivity index (χ0v) is 12.1. The minimum absolute atomic E-state index is 0.164. The molecule has 6 nitrogen and oxygen atoms in total. The molecule has 0 saturated carbocycles. The minimum atomic E-state index is -1.05. The van der Waals surface area contributed by atoms with Crippen LogP contribution in [0.15, 0.2) is 24.3 Å². The summed E-state index contributed by atoms with van der Waals surface area (Å²) in [6.07, 6.45) is 0.672. The Morgan fingerprint density at radius 3 is 2.38 bits per heavy atom. The largest absolute Gasteiger partial charge is 0.480 e. The smallest absolute Gasteiger partial charge is 0.326 e. The molecule has 0 radical (unpaired) electrons. The highest BCUT2D eigenvalue weighted by atomic mass is 16.4. The number of carbonyl (C=O) groups is 2. The highest BCUT2D eigenvalue weighted by molar-refractivity contribution is 5.92. The SMILES string of the molecule is CC(C)C[C@@H](NC(=O)Nc1ccc(CC#N)cc1)C(=O)O. The van der Waals surface area contributed by atoms with Crippen LogP contribution in [-0.4, -0.2) is 23.1 Å². The van der Waals surface area contributed by atoms with Crippen molar-refractivity contribution >= 4 is 17.7 Å². The molecule has 0 aliphatic carbocycles. The zero-order chi connectivity index (χ0) is 15.8. The van der Waals surface area contributed by atoms with Crippen LogP contribution in [0.5, 0.6) is 0 Å². The molecule has 0 heterocycles. The number of anilines is 1. The van der Waals surface area contributed by atoms with E-state index in [1.54, 1.807) is 24.3 Å². The average Bonchev–Trinajstić information content (AvgIpc) is 2.40. The molecule has 0 aromatic heterocycles. The lowest BCUT2D eigenvalue weighted by Crippen LogP contribution is -2.43. The summed E-state index contributed by atoms with van der Waals surface area (Å²) in [4.78, 5) is 22.8. The number of carboxylic acids is 1. The van der Waals surface area contributed by atoms with Crippen molar-refractivity contribution < 1.29 is 14.7 Å². The first-order valence-corrected chi connectivity index (χ1v) is 6.68. The summed E-state index contributed by atoms with van der Waals surface area (Å²) >= 11 is 0. The van der Waals surface area contributed by atoms with Gasteiger partial charge in [-0.05, 0) is 30.0 Å². The van der Waals surface area contributed by atoms with Crippen molar-refractivity contribution in [2.45, 2.75) is 32.7 Å². The molecule has 2 amide bonds. The van der Waals surface area contributed by atoms with Crippen LogP contribution in [-0.2, 0) is 11.2 Å². The molecule has 21 heavy (non-hydrogen) atoms. The Labute approximate surface area is 123 Å². The van der Waals surface area contributed by atoms with Crippen molar-refractivity contribution in [1.29, 1.82) is 5.26 Å². The fourth-order valence-electron chi connectivity index (χ4n) is 1.82. The fraction of sp³-hybridized carbons (Fsp3) is 0.400. The lowest BCUT2D eigenvalue weighted by Gasteiger charge is -2.17. The number of aliphatic carboxylic acids is 1. The van der Waals surface area contributed by atoms with Gasteiger partial charge in [-0.15, -0.1) is 0 Å². The summed E-state index contributed by atoms with van der Waals surface area (Å²) in [6, 6.07) is 7.38. The fourth-order valence-corrected chi connectivity index (χ4v) is 1.82. The number of nitrogens with zero attached hydrogens (tertiary/aromatic N) is 1. The van der Waals surface area contributed by atoms with Gasteiger partial charge in [0.25, 0.3) is 0 Å². The van der Waals surface area contributed by atoms with Crippen LogP contribution in [0, 0.1) is 17.2 Å². The lowest BCUT2D eigenvalue weighted by atomic mass is 10.0. The van der Waals surface area contributed by atoms with Crippen LogP contribution in [0.2, 0.25) is 0 Å². The number of carboxylic acid groups (broad SMARTS) is 1. The molecule has 0 aliphatic rings. The van der Waals surface area contributed by atoms with E-state index in [1.807, 2.05) is 19.9 Å². The van der Waals surface area contributed by atoms with Crippen molar-refractivity contribution in [1.82, 2.24) is 5.32 Å². The molecule has 112 valence electrons. The normalized spacial score (nSPS) is 11.5. The van der Waals surface area contributed by atoms with Gasteiger partial charge >= 0.3 is 12.0 Å². The Morgan fingerprint density at radius 1 is 1.29 bits per heavy atom. The molecule has 3 N–H and O–H groups in total. The van der Waals surface area contributed by atoms with Gasteiger partial charge in [0.15, 0.2) is 0 Å². The third-order valence-corrected chi connectivity index (χ3v) is 2.81. The van der Waals surface area contributed by atoms with E-state index in [4.69, 9.17) is 10.4 Å². The Bertz CT molecular complexity index is 532. The van der Waals surface area contributed by atoms with Crippen LogP contribution in [0.25, 0.3) is 0 Å². The summed E-state index contributed by atoms with van der Waals surface area (Å²) in [7, 11) is 0. The van der Waals surface area contributed by atoms with Crippen LogP contribution >= 0.6 is 0 Å². The van der Waals surface area contributed by atoms with E-state index < -0.39 is 18.0 Å². The molecule has 0 spiro atoms. The average molecular weight is 289 g/mol. The summed E-state index contributed by atoms with van der Waals surface area (Å²) in [6.45, 7) is 3.78. The second-order valence-corrected chi connectivity index (χ2v) is 5.15. The third kappa shape index (κ3) is 5.95. The van der Waals surface area contributed by atoms with Gasteiger partial charge < -0.3 is 15.7 Å². The van der Waals surface area contributed by atoms with Crippen molar-refractivity contribution in [3.8, 4) is 6.07 Å². The summed E-state index contributed by atoms with van der Waals surface area (Å²) < 4.78 is 0. The number of hydrogen-bond donors (Lipinski definition) is 3. The molecule has 0 saturated heterocycles. The second kappa shape index (κ2) is 7.90. The molecule has 1 atom stereocenters. The molecule has 6 heteroatoms. The molecule has 0 fully saturated rings. The Hall–Kier alpha value is -2.55. The molecular formula is C15H19N3O3. The van der Waals surface area contributed by atoms with E-state index in [-0.39, 0.29) is 5.92 Å². The first-order valence-electron chi connectivity index (χ1n) is 6.68. The van der Waals surface area contributed by atoms with Gasteiger partial charge in [0.2, 0.25) is 0 Å². The van der Waals surface area contributed by atoms with Gasteiger partial charge in [-0.1, -0.05) is 26.0 Å². The standard InChI is InChI=1S/C15H19N3O3/c1-10(2)9-13(14(19)20)18-15(21)17-12-5-3-11(4-6-12)7-8-16/h3-6,10,13H,7,9H2,1-2H3,(H,19,20)(H2,17,18,21)/t13-/m1/s1. The van der Waals surface area contributed by atoms with Crippen LogP contribution in [0.4, 0.5) is 10.5 Å². The maximum atomic E-state index is 11.8. The summed E-state index contributed by atoms with van der Waals surface area (Å²) in [5.41, 5.74) is 1.40. The monoisotopic (exact) mass is 289 g/mol. The Kier molecular flexibility index (Phi) is 6.21. The van der Waals surface area contributed by atoms with Crippen LogP contribution in [0.1, 0.15) is 25.8 Å². The third-order valence-electron chi connectivity index (χ3n) is 2.81. The maximum Gasteiger partial charge on any atom is 0.326 e. The summed E-state index contributed by atoms with van der Waals surface area (Å²) in [5, 5.41) is 22.6. The van der Waals surface area contributed by atoms with Gasteiger partial charge in [0.1, 0.15) is 6.04 Å². The van der Waals surface area contributed by atoms with E-state index in [9.17, 15) is 9.59 Å². The number of rotatable bonds is 6. The molecule has 0 aliphatic heterocycles. The first kappa shape index (κ1) is 16.5. The molecule has 1 rings (SSSR count). The van der Waals surface area contributed by atoms with Gasteiger partial charge in [0, 0.05) is 5.69 Å². The number of nitrogens with one attached hydrogen (secondary N) is 2. The Morgan fingerprint density at radius 2 is 1.90 bits per heavy atom. The van der Waals surface area contributed by atoms with Crippen molar-refractivity contribution in [3.05, 3.63) is 29.8 Å². The number of amides is 2. The van der Waals surface area contributed by atoms with E-state index in [0.29, 0.717) is 18.5 Å². The lowest BCUT2D eigenvalue weighted by molar-refractivity contribution is -0.139. The maximum absolute atomic E-state index is 11.8. The van der Waals surface area contributed by atoms with Crippen molar-refractivity contribution in [2.24, 2.45) is 5.92 Å². The molecule has 0 bridgehead atoms. The van der Waals surface area contributed by atoms with Gasteiger partial charge in [-0.3, -0.25) is 0 Å². The second-order valence-electron chi connectivity index (χ2n) is 5.15. The van der Waals surface area contributed by atoms with E-state index in [2.05, 4.69) is 10.6 Å². The topological polar surface area (TPSA) is 102 Å². The van der Waals surface area contributed by atoms with Crippen molar-refractivity contribution in [3.63, 3.8) is 0 Å². The van der Waals surface area contributed by atoms with Gasteiger partial charge in [-0.25, -0.2) is 9.59 Å². The summed E-state index contributed by atoms with van der Waals surface area (Å²) in [5.74, 6) is -0.889. The number of hydrogen-bond acceptors (Lipinski definition) is 3. The molecule has 0 unspecified atom stereocenters. The number of urea groups is 1. The number of carbonyl (C=O) groups excluding carboxylic acids is 1.